The van der Waals surface area contributed by atoms with E-state index in [1.807, 2.05) is 6.92 Å². The molecule has 0 aliphatic carbocycles. The van der Waals surface area contributed by atoms with Crippen molar-refractivity contribution in [3.8, 4) is 0 Å². The number of pyridine rings is 1. The van der Waals surface area contributed by atoms with E-state index in [4.69, 9.17) is 16.7 Å². The van der Waals surface area contributed by atoms with Crippen molar-refractivity contribution in [2.75, 3.05) is 0 Å². The maximum Gasteiger partial charge on any atom is 0.306 e. The first kappa shape index (κ1) is 16.4. The van der Waals surface area contributed by atoms with Crippen molar-refractivity contribution in [1.82, 2.24) is 10.3 Å². The Balaban J connectivity index is 2.39. The molecule has 1 heterocycles. The van der Waals surface area contributed by atoms with Crippen LogP contribution in [0.3, 0.4) is 0 Å². The normalized spacial score (nSPS) is 13.6. The molecule has 6 heteroatoms. The van der Waals surface area contributed by atoms with Gasteiger partial charge in [-0.25, -0.2) is 0 Å². The van der Waals surface area contributed by atoms with Crippen LogP contribution in [0.5, 0.6) is 0 Å². The Hall–Kier alpha value is -1.62. The molecule has 2 atom stereocenters. The highest BCUT2D eigenvalue weighted by atomic mass is 35.5. The van der Waals surface area contributed by atoms with E-state index in [0.29, 0.717) is 17.0 Å². The molecule has 0 bridgehead atoms. The van der Waals surface area contributed by atoms with Crippen molar-refractivity contribution in [2.24, 2.45) is 5.92 Å². The molecule has 110 valence electrons. The summed E-state index contributed by atoms with van der Waals surface area (Å²) in [5.74, 6) is -1.41. The second-order valence-electron chi connectivity index (χ2n) is 4.90. The van der Waals surface area contributed by atoms with E-state index in [-0.39, 0.29) is 17.9 Å². The minimum Gasteiger partial charge on any atom is -0.481 e. The molecule has 0 radical (unpaired) electrons. The average molecular weight is 299 g/mol. The third-order valence-electron chi connectivity index (χ3n) is 3.09. The summed E-state index contributed by atoms with van der Waals surface area (Å²) in [4.78, 5) is 26.5. The van der Waals surface area contributed by atoms with Gasteiger partial charge in [0.1, 0.15) is 0 Å². The van der Waals surface area contributed by atoms with Crippen LogP contribution in [0, 0.1) is 5.92 Å². The number of carbonyl (C=O) groups is 2. The summed E-state index contributed by atoms with van der Waals surface area (Å²) in [6, 6.07) is 1.52. The molecule has 2 N–H and O–H groups in total. The molecule has 20 heavy (non-hydrogen) atoms. The number of carboxylic acids is 1. The van der Waals surface area contributed by atoms with Crippen molar-refractivity contribution in [1.29, 1.82) is 0 Å². The van der Waals surface area contributed by atoms with Crippen molar-refractivity contribution in [3.05, 3.63) is 29.0 Å². The summed E-state index contributed by atoms with van der Waals surface area (Å²) >= 11 is 5.92. The third kappa shape index (κ3) is 5.17. The lowest BCUT2D eigenvalue weighted by Gasteiger charge is -2.15. The van der Waals surface area contributed by atoms with Crippen LogP contribution in [-0.4, -0.2) is 28.0 Å². The SMILES string of the molecule is CC(CCCC(C)C(=O)O)NC(=O)c1cnccc1Cl. The van der Waals surface area contributed by atoms with Crippen LogP contribution >= 0.6 is 11.6 Å². The van der Waals surface area contributed by atoms with Crippen molar-refractivity contribution >= 4 is 23.5 Å². The number of aliphatic carboxylic acids is 1. The maximum absolute atomic E-state index is 12.0. The number of nitrogens with zero attached hydrogens (tertiary/aromatic N) is 1. The van der Waals surface area contributed by atoms with Gasteiger partial charge < -0.3 is 10.4 Å². The van der Waals surface area contributed by atoms with E-state index in [9.17, 15) is 9.59 Å². The summed E-state index contributed by atoms with van der Waals surface area (Å²) < 4.78 is 0. The van der Waals surface area contributed by atoms with Gasteiger partial charge in [-0.3, -0.25) is 14.6 Å². The maximum atomic E-state index is 12.0. The highest BCUT2D eigenvalue weighted by Crippen LogP contribution is 2.14. The predicted molar refractivity (Wildman–Crippen MR) is 76.8 cm³/mol. The minimum absolute atomic E-state index is 0.0419. The third-order valence-corrected chi connectivity index (χ3v) is 3.42. The lowest BCUT2D eigenvalue weighted by Crippen LogP contribution is -2.32. The molecule has 0 fully saturated rings. The van der Waals surface area contributed by atoms with Gasteiger partial charge in [0.25, 0.3) is 5.91 Å². The number of amides is 1. The number of halogens is 1. The van der Waals surface area contributed by atoms with Crippen LogP contribution < -0.4 is 5.32 Å². The molecular formula is C14H19ClN2O3. The first-order chi connectivity index (χ1) is 9.41. The van der Waals surface area contributed by atoms with Gasteiger partial charge in [-0.15, -0.1) is 0 Å². The van der Waals surface area contributed by atoms with Crippen LogP contribution in [0.1, 0.15) is 43.5 Å². The molecule has 0 aromatic carbocycles. The van der Waals surface area contributed by atoms with Crippen molar-refractivity contribution in [3.63, 3.8) is 0 Å². The fraction of sp³-hybridized carbons (Fsp3) is 0.500. The number of hydrogen-bond donors (Lipinski definition) is 2. The van der Waals surface area contributed by atoms with Crippen LogP contribution in [0.15, 0.2) is 18.5 Å². The molecule has 5 nitrogen and oxygen atoms in total. The number of aromatic nitrogens is 1. The summed E-state index contributed by atoms with van der Waals surface area (Å²) in [5, 5.41) is 12.0. The molecule has 0 aliphatic rings. The van der Waals surface area contributed by atoms with Gasteiger partial charge in [-0.2, -0.15) is 0 Å². The lowest BCUT2D eigenvalue weighted by molar-refractivity contribution is -0.141. The molecule has 0 saturated carbocycles. The smallest absolute Gasteiger partial charge is 0.306 e. The van der Waals surface area contributed by atoms with E-state index in [1.165, 1.54) is 12.4 Å². The molecular weight excluding hydrogens is 280 g/mol. The summed E-state index contributed by atoms with van der Waals surface area (Å²) in [7, 11) is 0. The van der Waals surface area contributed by atoms with Gasteiger partial charge in [-0.1, -0.05) is 24.9 Å². The Labute approximate surface area is 123 Å². The summed E-state index contributed by atoms with van der Waals surface area (Å²) in [5.41, 5.74) is 0.347. The van der Waals surface area contributed by atoms with Gasteiger partial charge in [0, 0.05) is 18.4 Å². The Morgan fingerprint density at radius 3 is 2.70 bits per heavy atom. The second-order valence-corrected chi connectivity index (χ2v) is 5.31. The zero-order chi connectivity index (χ0) is 15.1. The van der Waals surface area contributed by atoms with E-state index in [1.54, 1.807) is 13.0 Å². The lowest BCUT2D eigenvalue weighted by atomic mass is 10.0. The molecule has 2 unspecified atom stereocenters. The Bertz CT molecular complexity index is 479. The zero-order valence-electron chi connectivity index (χ0n) is 11.6. The molecule has 1 amide bonds. The molecule has 0 saturated heterocycles. The summed E-state index contributed by atoms with van der Waals surface area (Å²) in [6.07, 6.45) is 5.02. The first-order valence-electron chi connectivity index (χ1n) is 6.55. The number of hydrogen-bond acceptors (Lipinski definition) is 3. The number of nitrogens with one attached hydrogen (secondary N) is 1. The quantitative estimate of drug-likeness (QED) is 0.811. The Morgan fingerprint density at radius 1 is 1.40 bits per heavy atom. The van der Waals surface area contributed by atoms with E-state index >= 15 is 0 Å². The fourth-order valence-electron chi connectivity index (χ4n) is 1.77. The van der Waals surface area contributed by atoms with Crippen LogP contribution in [0.4, 0.5) is 0 Å². The fourth-order valence-corrected chi connectivity index (χ4v) is 1.96. The van der Waals surface area contributed by atoms with E-state index in [2.05, 4.69) is 10.3 Å². The first-order valence-corrected chi connectivity index (χ1v) is 6.92. The average Bonchev–Trinajstić information content (AvgIpc) is 2.38. The molecule has 1 aromatic rings. The van der Waals surface area contributed by atoms with Crippen LogP contribution in [0.2, 0.25) is 5.02 Å². The molecule has 0 spiro atoms. The van der Waals surface area contributed by atoms with Crippen molar-refractivity contribution in [2.45, 2.75) is 39.2 Å². The number of carbonyl (C=O) groups excluding carboxylic acids is 1. The Morgan fingerprint density at radius 2 is 2.10 bits per heavy atom. The van der Waals surface area contributed by atoms with Crippen molar-refractivity contribution < 1.29 is 14.7 Å². The van der Waals surface area contributed by atoms with Crippen LogP contribution in [0.25, 0.3) is 0 Å². The van der Waals surface area contributed by atoms with Gasteiger partial charge in [-0.05, 0) is 25.8 Å². The number of carboxylic acid groups (broad SMARTS) is 1. The minimum atomic E-state index is -0.788. The van der Waals surface area contributed by atoms with Gasteiger partial charge in [0.15, 0.2) is 0 Å². The largest absolute Gasteiger partial charge is 0.481 e. The molecule has 0 aliphatic heterocycles. The predicted octanol–water partition coefficient (Wildman–Crippen LogP) is 2.74. The van der Waals surface area contributed by atoms with E-state index in [0.717, 1.165) is 12.8 Å². The standard InChI is InChI=1S/C14H19ClN2O3/c1-9(14(19)20)4-3-5-10(2)17-13(18)11-8-16-7-6-12(11)15/h6-10H,3-5H2,1-2H3,(H,17,18)(H,19,20). The highest BCUT2D eigenvalue weighted by molar-refractivity contribution is 6.33. The molecule has 1 aromatic heterocycles. The molecule has 1 rings (SSSR count). The Kier molecular flexibility index (Phi) is 6.45. The zero-order valence-corrected chi connectivity index (χ0v) is 12.4. The van der Waals surface area contributed by atoms with Crippen LogP contribution in [-0.2, 0) is 4.79 Å². The van der Waals surface area contributed by atoms with Gasteiger partial charge in [0.05, 0.1) is 16.5 Å². The highest BCUT2D eigenvalue weighted by Gasteiger charge is 2.14. The summed E-state index contributed by atoms with van der Waals surface area (Å²) in [6.45, 7) is 3.56. The van der Waals surface area contributed by atoms with Gasteiger partial charge >= 0.3 is 5.97 Å². The topological polar surface area (TPSA) is 79.3 Å². The van der Waals surface area contributed by atoms with E-state index < -0.39 is 5.97 Å². The number of rotatable bonds is 7. The monoisotopic (exact) mass is 298 g/mol. The van der Waals surface area contributed by atoms with Gasteiger partial charge in [0.2, 0.25) is 0 Å². The second kappa shape index (κ2) is 7.85.